The van der Waals surface area contributed by atoms with Crippen LogP contribution in [-0.2, 0) is 4.74 Å². The first-order valence-electron chi connectivity index (χ1n) is 7.29. The fourth-order valence-electron chi connectivity index (χ4n) is 2.64. The monoisotopic (exact) mass is 287 g/mol. The van der Waals surface area contributed by atoms with Crippen LogP contribution in [0.25, 0.3) is 10.9 Å². The van der Waals surface area contributed by atoms with E-state index < -0.39 is 0 Å². The molecule has 6 heteroatoms. The lowest BCUT2D eigenvalue weighted by atomic mass is 10.2. The lowest BCUT2D eigenvalue weighted by molar-refractivity contribution is 0.0368. The molecule has 1 aliphatic heterocycles. The zero-order valence-electron chi connectivity index (χ0n) is 12.2. The number of aromatic nitrogens is 2. The number of anilines is 2. The van der Waals surface area contributed by atoms with Crippen LogP contribution in [0.1, 0.15) is 6.92 Å². The Morgan fingerprint density at radius 3 is 2.95 bits per heavy atom. The number of nitrogens with two attached hydrogens (primary N) is 1. The fraction of sp³-hybridized carbons (Fsp3) is 0.467. The highest BCUT2D eigenvalue weighted by molar-refractivity contribution is 5.91. The first-order chi connectivity index (χ1) is 10.2. The first kappa shape index (κ1) is 14.0. The maximum atomic E-state index is 5.87. The van der Waals surface area contributed by atoms with Gasteiger partial charge in [0.25, 0.3) is 0 Å². The molecule has 1 aliphatic rings. The first-order valence-corrected chi connectivity index (χ1v) is 7.29. The lowest BCUT2D eigenvalue weighted by Gasteiger charge is -2.29. The smallest absolute Gasteiger partial charge is 0.137 e. The van der Waals surface area contributed by atoms with Gasteiger partial charge in [-0.05, 0) is 25.1 Å². The van der Waals surface area contributed by atoms with Gasteiger partial charge in [0, 0.05) is 36.7 Å². The van der Waals surface area contributed by atoms with E-state index in [1.54, 1.807) is 6.33 Å². The Kier molecular flexibility index (Phi) is 4.17. The standard InChI is InChI=1S/C15H21N5O/c1-11(9-20-4-6-21-7-5-20)19-15-13-8-12(16)2-3-14(13)17-10-18-15/h2-3,8,10-11H,4-7,9,16H2,1H3,(H,17,18,19). The van der Waals surface area contributed by atoms with Crippen LogP contribution in [-0.4, -0.2) is 53.8 Å². The van der Waals surface area contributed by atoms with Gasteiger partial charge in [0.15, 0.2) is 0 Å². The van der Waals surface area contributed by atoms with Crippen LogP contribution >= 0.6 is 0 Å². The summed E-state index contributed by atoms with van der Waals surface area (Å²) in [6.45, 7) is 6.75. The molecule has 112 valence electrons. The maximum Gasteiger partial charge on any atom is 0.137 e. The molecule has 0 amide bonds. The normalized spacial score (nSPS) is 17.8. The molecule has 0 radical (unpaired) electrons. The minimum atomic E-state index is 0.294. The van der Waals surface area contributed by atoms with E-state index in [2.05, 4.69) is 27.1 Å². The molecule has 2 heterocycles. The molecular weight excluding hydrogens is 266 g/mol. The van der Waals surface area contributed by atoms with Gasteiger partial charge in [0.2, 0.25) is 0 Å². The number of benzene rings is 1. The summed E-state index contributed by atoms with van der Waals surface area (Å²) in [5, 5.41) is 4.43. The second-order valence-electron chi connectivity index (χ2n) is 5.46. The second-order valence-corrected chi connectivity index (χ2v) is 5.46. The van der Waals surface area contributed by atoms with Gasteiger partial charge >= 0.3 is 0 Å². The largest absolute Gasteiger partial charge is 0.399 e. The summed E-state index contributed by atoms with van der Waals surface area (Å²) >= 11 is 0. The third-order valence-electron chi connectivity index (χ3n) is 3.68. The molecule has 0 saturated carbocycles. The number of nitrogens with one attached hydrogen (secondary N) is 1. The van der Waals surface area contributed by atoms with Gasteiger partial charge < -0.3 is 15.8 Å². The zero-order chi connectivity index (χ0) is 14.7. The Labute approximate surface area is 124 Å². The van der Waals surface area contributed by atoms with Gasteiger partial charge in [-0.25, -0.2) is 9.97 Å². The van der Waals surface area contributed by atoms with E-state index in [1.165, 1.54) is 0 Å². The summed E-state index contributed by atoms with van der Waals surface area (Å²) in [6.07, 6.45) is 1.59. The van der Waals surface area contributed by atoms with Crippen LogP contribution in [0.3, 0.4) is 0 Å². The molecule has 1 aromatic carbocycles. The minimum absolute atomic E-state index is 0.294. The lowest BCUT2D eigenvalue weighted by Crippen LogP contribution is -2.42. The van der Waals surface area contributed by atoms with Crippen LogP contribution in [0.4, 0.5) is 11.5 Å². The average Bonchev–Trinajstić information content (AvgIpc) is 2.49. The van der Waals surface area contributed by atoms with Crippen LogP contribution in [0.15, 0.2) is 24.5 Å². The van der Waals surface area contributed by atoms with Crippen molar-refractivity contribution in [3.8, 4) is 0 Å². The summed E-state index contributed by atoms with van der Waals surface area (Å²) < 4.78 is 5.37. The molecule has 0 bridgehead atoms. The number of nitrogen functional groups attached to an aromatic ring is 1. The van der Waals surface area contributed by atoms with Crippen molar-refractivity contribution in [2.75, 3.05) is 43.9 Å². The van der Waals surface area contributed by atoms with Gasteiger partial charge in [0.05, 0.1) is 18.7 Å². The van der Waals surface area contributed by atoms with Crippen molar-refractivity contribution in [2.24, 2.45) is 0 Å². The van der Waals surface area contributed by atoms with Crippen LogP contribution in [0.2, 0.25) is 0 Å². The zero-order valence-corrected chi connectivity index (χ0v) is 12.2. The quantitative estimate of drug-likeness (QED) is 0.827. The van der Waals surface area contributed by atoms with E-state index in [0.29, 0.717) is 6.04 Å². The molecule has 1 atom stereocenters. The number of hydrogen-bond acceptors (Lipinski definition) is 6. The van der Waals surface area contributed by atoms with E-state index in [-0.39, 0.29) is 0 Å². The average molecular weight is 287 g/mol. The van der Waals surface area contributed by atoms with Crippen molar-refractivity contribution in [2.45, 2.75) is 13.0 Å². The van der Waals surface area contributed by atoms with Crippen molar-refractivity contribution in [3.05, 3.63) is 24.5 Å². The van der Waals surface area contributed by atoms with Crippen molar-refractivity contribution in [1.82, 2.24) is 14.9 Å². The second kappa shape index (κ2) is 6.24. The number of morpholine rings is 1. The fourth-order valence-corrected chi connectivity index (χ4v) is 2.64. The Bertz CT molecular complexity index is 612. The predicted molar refractivity (Wildman–Crippen MR) is 84.3 cm³/mol. The van der Waals surface area contributed by atoms with Gasteiger partial charge in [-0.15, -0.1) is 0 Å². The third kappa shape index (κ3) is 3.40. The molecule has 21 heavy (non-hydrogen) atoms. The highest BCUT2D eigenvalue weighted by atomic mass is 16.5. The third-order valence-corrected chi connectivity index (χ3v) is 3.68. The molecule has 1 fully saturated rings. The molecule has 1 unspecified atom stereocenters. The topological polar surface area (TPSA) is 76.3 Å². The van der Waals surface area contributed by atoms with Crippen molar-refractivity contribution in [3.63, 3.8) is 0 Å². The minimum Gasteiger partial charge on any atom is -0.399 e. The molecule has 0 spiro atoms. The number of rotatable bonds is 4. The number of fused-ring (bicyclic) bond motifs is 1. The highest BCUT2D eigenvalue weighted by Crippen LogP contribution is 2.22. The SMILES string of the molecule is CC(CN1CCOCC1)Nc1ncnc2ccc(N)cc12. The number of hydrogen-bond donors (Lipinski definition) is 2. The summed E-state index contributed by atoms with van der Waals surface area (Å²) in [5.41, 5.74) is 7.49. The molecule has 3 rings (SSSR count). The number of ether oxygens (including phenoxy) is 1. The van der Waals surface area contributed by atoms with E-state index in [0.717, 1.165) is 55.3 Å². The maximum absolute atomic E-state index is 5.87. The number of nitrogens with zero attached hydrogens (tertiary/aromatic N) is 3. The van der Waals surface area contributed by atoms with Gasteiger partial charge in [-0.2, -0.15) is 0 Å². The Morgan fingerprint density at radius 1 is 1.33 bits per heavy atom. The summed E-state index contributed by atoms with van der Waals surface area (Å²) in [7, 11) is 0. The van der Waals surface area contributed by atoms with Gasteiger partial charge in [-0.1, -0.05) is 0 Å². The van der Waals surface area contributed by atoms with Gasteiger partial charge in [-0.3, -0.25) is 4.90 Å². The van der Waals surface area contributed by atoms with E-state index >= 15 is 0 Å². The van der Waals surface area contributed by atoms with Crippen molar-refractivity contribution >= 4 is 22.4 Å². The molecule has 2 aromatic rings. The Hall–Kier alpha value is -1.92. The summed E-state index contributed by atoms with van der Waals surface area (Å²) in [5.74, 6) is 0.841. The van der Waals surface area contributed by atoms with E-state index in [4.69, 9.17) is 10.5 Å². The van der Waals surface area contributed by atoms with Crippen molar-refractivity contribution in [1.29, 1.82) is 0 Å². The van der Waals surface area contributed by atoms with Crippen LogP contribution in [0.5, 0.6) is 0 Å². The molecule has 6 nitrogen and oxygen atoms in total. The predicted octanol–water partition coefficient (Wildman–Crippen LogP) is 1.34. The molecule has 3 N–H and O–H groups in total. The molecule has 1 saturated heterocycles. The summed E-state index contributed by atoms with van der Waals surface area (Å²) in [6, 6.07) is 5.99. The van der Waals surface area contributed by atoms with Crippen LogP contribution < -0.4 is 11.1 Å². The molecular formula is C15H21N5O. The molecule has 0 aliphatic carbocycles. The van der Waals surface area contributed by atoms with Gasteiger partial charge in [0.1, 0.15) is 12.1 Å². The van der Waals surface area contributed by atoms with Crippen LogP contribution in [0, 0.1) is 0 Å². The van der Waals surface area contributed by atoms with Crippen molar-refractivity contribution < 1.29 is 4.74 Å². The highest BCUT2D eigenvalue weighted by Gasteiger charge is 2.14. The Morgan fingerprint density at radius 2 is 2.14 bits per heavy atom. The molecule has 1 aromatic heterocycles. The van der Waals surface area contributed by atoms with E-state index in [9.17, 15) is 0 Å². The Balaban J connectivity index is 1.73. The summed E-state index contributed by atoms with van der Waals surface area (Å²) in [4.78, 5) is 11.0. The van der Waals surface area contributed by atoms with E-state index in [1.807, 2.05) is 18.2 Å².